The average Bonchev–Trinajstić information content (AvgIpc) is 2.92. The molecule has 0 bridgehead atoms. The molecule has 0 saturated carbocycles. The molecular formula is C16H10Cl2N2O3S. The summed E-state index contributed by atoms with van der Waals surface area (Å²) < 4.78 is 5.39. The van der Waals surface area contributed by atoms with Gasteiger partial charge in [0.15, 0.2) is 5.11 Å². The SMILES string of the molecule is Cc1ccc(/C=C2/C(=O)NC(=S)N(c3ccc(Cl)c(Cl)c3)C2=O)o1. The van der Waals surface area contributed by atoms with Crippen molar-refractivity contribution in [3.63, 3.8) is 0 Å². The van der Waals surface area contributed by atoms with Gasteiger partial charge in [0.25, 0.3) is 11.8 Å². The highest BCUT2D eigenvalue weighted by atomic mass is 35.5. The Morgan fingerprint density at radius 1 is 1.17 bits per heavy atom. The zero-order chi connectivity index (χ0) is 17.4. The van der Waals surface area contributed by atoms with Crippen LogP contribution < -0.4 is 10.2 Å². The van der Waals surface area contributed by atoms with Crippen LogP contribution in [0.2, 0.25) is 10.0 Å². The highest BCUT2D eigenvalue weighted by Gasteiger charge is 2.34. The third-order valence-corrected chi connectivity index (χ3v) is 4.33. The minimum atomic E-state index is -0.588. The number of halogens is 2. The number of benzene rings is 1. The van der Waals surface area contributed by atoms with E-state index < -0.39 is 11.8 Å². The Balaban J connectivity index is 2.02. The lowest BCUT2D eigenvalue weighted by Gasteiger charge is -2.28. The number of hydrogen-bond acceptors (Lipinski definition) is 4. The minimum absolute atomic E-state index is 0.0313. The Hall–Kier alpha value is -2.15. The largest absolute Gasteiger partial charge is 0.462 e. The van der Waals surface area contributed by atoms with Crippen LogP contribution in [-0.2, 0) is 9.59 Å². The van der Waals surface area contributed by atoms with Gasteiger partial charge in [0.05, 0.1) is 15.7 Å². The smallest absolute Gasteiger partial charge is 0.270 e. The maximum absolute atomic E-state index is 12.7. The van der Waals surface area contributed by atoms with Gasteiger partial charge in [-0.3, -0.25) is 19.8 Å². The van der Waals surface area contributed by atoms with Gasteiger partial charge in [0, 0.05) is 0 Å². The third kappa shape index (κ3) is 3.08. The third-order valence-electron chi connectivity index (χ3n) is 3.31. The summed E-state index contributed by atoms with van der Waals surface area (Å²) in [6.45, 7) is 1.77. The summed E-state index contributed by atoms with van der Waals surface area (Å²) >= 11 is 17.0. The van der Waals surface area contributed by atoms with Crippen LogP contribution in [0.5, 0.6) is 0 Å². The molecule has 1 aliphatic heterocycles. The molecule has 1 saturated heterocycles. The fraction of sp³-hybridized carbons (Fsp3) is 0.0625. The Morgan fingerprint density at radius 3 is 2.54 bits per heavy atom. The van der Waals surface area contributed by atoms with Crippen LogP contribution in [-0.4, -0.2) is 16.9 Å². The van der Waals surface area contributed by atoms with E-state index in [0.29, 0.717) is 22.2 Å². The van der Waals surface area contributed by atoms with E-state index in [2.05, 4.69) is 5.32 Å². The van der Waals surface area contributed by atoms with E-state index in [9.17, 15) is 9.59 Å². The maximum Gasteiger partial charge on any atom is 0.270 e. The molecule has 1 aliphatic rings. The molecule has 5 nitrogen and oxygen atoms in total. The molecule has 1 aromatic carbocycles. The minimum Gasteiger partial charge on any atom is -0.462 e. The Morgan fingerprint density at radius 2 is 1.92 bits per heavy atom. The first-order chi connectivity index (χ1) is 11.4. The topological polar surface area (TPSA) is 62.6 Å². The first-order valence-electron chi connectivity index (χ1n) is 6.80. The van der Waals surface area contributed by atoms with Gasteiger partial charge in [-0.1, -0.05) is 23.2 Å². The first-order valence-corrected chi connectivity index (χ1v) is 7.96. The second-order valence-electron chi connectivity index (χ2n) is 5.00. The molecule has 2 aromatic rings. The lowest BCUT2D eigenvalue weighted by molar-refractivity contribution is -0.122. The molecule has 0 radical (unpaired) electrons. The van der Waals surface area contributed by atoms with Crippen molar-refractivity contribution in [3.8, 4) is 0 Å². The van der Waals surface area contributed by atoms with Gasteiger partial charge < -0.3 is 4.42 Å². The van der Waals surface area contributed by atoms with Gasteiger partial charge in [0.2, 0.25) is 0 Å². The Bertz CT molecular complexity index is 904. The number of amides is 2. The molecule has 3 rings (SSSR count). The van der Waals surface area contributed by atoms with Crippen molar-refractivity contribution in [1.82, 2.24) is 5.32 Å². The van der Waals surface area contributed by atoms with Crippen LogP contribution in [0.1, 0.15) is 11.5 Å². The highest BCUT2D eigenvalue weighted by Crippen LogP contribution is 2.29. The summed E-state index contributed by atoms with van der Waals surface area (Å²) in [6, 6.07) is 8.04. The fourth-order valence-electron chi connectivity index (χ4n) is 2.19. The normalized spacial score (nSPS) is 16.7. The van der Waals surface area contributed by atoms with E-state index in [1.54, 1.807) is 31.2 Å². The van der Waals surface area contributed by atoms with Gasteiger partial charge in [-0.25, -0.2) is 0 Å². The number of thiocarbonyl (C=S) groups is 1. The standard InChI is InChI=1S/C16H10Cl2N2O3S/c1-8-2-4-10(23-8)7-11-14(21)19-16(24)20(15(11)22)9-3-5-12(17)13(18)6-9/h2-7H,1H3,(H,19,21,24)/b11-7-. The molecular weight excluding hydrogens is 371 g/mol. The summed E-state index contributed by atoms with van der Waals surface area (Å²) in [6.07, 6.45) is 1.37. The number of carbonyl (C=O) groups excluding carboxylic acids is 2. The van der Waals surface area contributed by atoms with Crippen LogP contribution in [0.25, 0.3) is 6.08 Å². The number of nitrogens with one attached hydrogen (secondary N) is 1. The number of carbonyl (C=O) groups is 2. The summed E-state index contributed by atoms with van der Waals surface area (Å²) in [4.78, 5) is 26.0. The van der Waals surface area contributed by atoms with Crippen molar-refractivity contribution in [1.29, 1.82) is 0 Å². The highest BCUT2D eigenvalue weighted by molar-refractivity contribution is 7.80. The van der Waals surface area contributed by atoms with Crippen LogP contribution in [0.3, 0.4) is 0 Å². The quantitative estimate of drug-likeness (QED) is 0.489. The number of nitrogens with zero attached hydrogens (tertiary/aromatic N) is 1. The van der Waals surface area contributed by atoms with Crippen molar-refractivity contribution in [2.75, 3.05) is 4.90 Å². The number of furan rings is 1. The van der Waals surface area contributed by atoms with Gasteiger partial charge in [0.1, 0.15) is 17.1 Å². The van der Waals surface area contributed by atoms with Crippen molar-refractivity contribution in [2.45, 2.75) is 6.92 Å². The summed E-state index contributed by atoms with van der Waals surface area (Å²) in [5.41, 5.74) is 0.310. The zero-order valence-electron chi connectivity index (χ0n) is 12.3. The molecule has 8 heteroatoms. The van der Waals surface area contributed by atoms with Crippen LogP contribution >= 0.6 is 35.4 Å². The Labute approximate surface area is 152 Å². The van der Waals surface area contributed by atoms with Crippen molar-refractivity contribution >= 4 is 64.1 Å². The summed E-state index contributed by atoms with van der Waals surface area (Å²) in [5.74, 6) is -0.0955. The Kier molecular flexibility index (Phi) is 4.45. The van der Waals surface area contributed by atoms with E-state index >= 15 is 0 Å². The number of hydrogen-bond donors (Lipinski definition) is 1. The predicted molar refractivity (Wildman–Crippen MR) is 96.1 cm³/mol. The molecule has 2 heterocycles. The van der Waals surface area contributed by atoms with E-state index in [4.69, 9.17) is 39.8 Å². The average molecular weight is 381 g/mol. The lowest BCUT2D eigenvalue weighted by atomic mass is 10.1. The lowest BCUT2D eigenvalue weighted by Crippen LogP contribution is -2.54. The molecule has 24 heavy (non-hydrogen) atoms. The molecule has 1 fully saturated rings. The molecule has 2 amide bonds. The van der Waals surface area contributed by atoms with Gasteiger partial charge >= 0.3 is 0 Å². The fourth-order valence-corrected chi connectivity index (χ4v) is 2.76. The van der Waals surface area contributed by atoms with Gasteiger partial charge in [-0.05, 0) is 55.5 Å². The van der Waals surface area contributed by atoms with Crippen molar-refractivity contribution < 1.29 is 14.0 Å². The summed E-state index contributed by atoms with van der Waals surface area (Å²) in [7, 11) is 0. The number of anilines is 1. The zero-order valence-corrected chi connectivity index (χ0v) is 14.6. The van der Waals surface area contributed by atoms with E-state index in [0.717, 1.165) is 0 Å². The maximum atomic E-state index is 12.7. The van der Waals surface area contributed by atoms with E-state index in [1.165, 1.54) is 17.0 Å². The van der Waals surface area contributed by atoms with Crippen molar-refractivity contribution in [3.05, 3.63) is 57.5 Å². The van der Waals surface area contributed by atoms with E-state index in [1.807, 2.05) is 0 Å². The van der Waals surface area contributed by atoms with Crippen LogP contribution in [0, 0.1) is 6.92 Å². The van der Waals surface area contributed by atoms with Gasteiger partial charge in [-0.15, -0.1) is 0 Å². The van der Waals surface area contributed by atoms with Crippen LogP contribution in [0.15, 0.2) is 40.3 Å². The number of rotatable bonds is 2. The molecule has 0 aliphatic carbocycles. The molecule has 0 unspecified atom stereocenters. The second kappa shape index (κ2) is 6.39. The molecule has 0 atom stereocenters. The molecule has 122 valence electrons. The monoisotopic (exact) mass is 380 g/mol. The van der Waals surface area contributed by atoms with Crippen LogP contribution in [0.4, 0.5) is 5.69 Å². The predicted octanol–water partition coefficient (Wildman–Crippen LogP) is 3.73. The first kappa shape index (κ1) is 16.7. The summed E-state index contributed by atoms with van der Waals surface area (Å²) in [5, 5.41) is 3.07. The van der Waals surface area contributed by atoms with Gasteiger partial charge in [-0.2, -0.15) is 0 Å². The molecule has 1 aromatic heterocycles. The molecule has 0 spiro atoms. The number of aryl methyl sites for hydroxylation is 1. The second-order valence-corrected chi connectivity index (χ2v) is 6.21. The molecule has 1 N–H and O–H groups in total. The van der Waals surface area contributed by atoms with E-state index in [-0.39, 0.29) is 15.7 Å². The van der Waals surface area contributed by atoms with Crippen molar-refractivity contribution in [2.24, 2.45) is 0 Å².